The van der Waals surface area contributed by atoms with E-state index in [0.717, 1.165) is 5.01 Å². The summed E-state index contributed by atoms with van der Waals surface area (Å²) in [7, 11) is 3.06. The van der Waals surface area contributed by atoms with Crippen LogP contribution in [-0.2, 0) is 0 Å². The smallest absolute Gasteiger partial charge is 0.262 e. The standard InChI is InChI=1S/C3H8N3O/c1-5-6(2)3(4)7/h4-5H,1-2H3. The quantitative estimate of drug-likeness (QED) is 0.452. The van der Waals surface area contributed by atoms with Gasteiger partial charge in [-0.15, -0.1) is 0 Å². The van der Waals surface area contributed by atoms with Crippen molar-refractivity contribution in [1.29, 1.82) is 0 Å². The van der Waals surface area contributed by atoms with Crippen LogP contribution in [0.3, 0.4) is 0 Å². The first-order chi connectivity index (χ1) is 3.18. The van der Waals surface area contributed by atoms with Gasteiger partial charge < -0.3 is 0 Å². The van der Waals surface area contributed by atoms with Crippen molar-refractivity contribution in [3.8, 4) is 0 Å². The van der Waals surface area contributed by atoms with Gasteiger partial charge in [-0.2, -0.15) is 0 Å². The zero-order valence-electron chi connectivity index (χ0n) is 4.36. The third-order valence-corrected chi connectivity index (χ3v) is 0.640. The molecule has 0 aliphatic rings. The molecule has 0 rings (SSSR count). The van der Waals surface area contributed by atoms with Crippen LogP contribution in [0.25, 0.3) is 0 Å². The molecule has 1 radical (unpaired) electrons. The number of rotatable bonds is 1. The summed E-state index contributed by atoms with van der Waals surface area (Å²) in [4.78, 5) is 9.90. The molecule has 0 heterocycles. The fraction of sp³-hybridized carbons (Fsp3) is 0.667. The van der Waals surface area contributed by atoms with Crippen LogP contribution in [0.15, 0.2) is 0 Å². The number of hydrogen-bond donors (Lipinski definition) is 1. The number of carbonyl (C=O) groups excluding carboxylic acids is 1. The first kappa shape index (κ1) is 6.23. The van der Waals surface area contributed by atoms with Crippen LogP contribution in [0.4, 0.5) is 4.79 Å². The number of urea groups is 1. The lowest BCUT2D eigenvalue weighted by Crippen LogP contribution is -2.36. The number of nitrogens with zero attached hydrogens (tertiary/aromatic N) is 1. The third-order valence-electron chi connectivity index (χ3n) is 0.640. The Kier molecular flexibility index (Phi) is 2.15. The molecule has 0 bridgehead atoms. The molecule has 2 amide bonds. The highest BCUT2D eigenvalue weighted by atomic mass is 16.2. The number of nitrogens with one attached hydrogen (secondary N) is 2. The Morgan fingerprint density at radius 1 is 1.86 bits per heavy atom. The van der Waals surface area contributed by atoms with Gasteiger partial charge in [-0.05, 0) is 0 Å². The van der Waals surface area contributed by atoms with Gasteiger partial charge in [0.25, 0.3) is 0 Å². The van der Waals surface area contributed by atoms with Crippen molar-refractivity contribution in [3.63, 3.8) is 0 Å². The van der Waals surface area contributed by atoms with Gasteiger partial charge in [-0.1, -0.05) is 0 Å². The normalized spacial score (nSPS) is 8.29. The lowest BCUT2D eigenvalue weighted by molar-refractivity contribution is 0.202. The predicted octanol–water partition coefficient (Wildman–Crippen LogP) is -0.544. The molecule has 4 nitrogen and oxygen atoms in total. The zero-order chi connectivity index (χ0) is 5.86. The fourth-order valence-corrected chi connectivity index (χ4v) is 0.102. The van der Waals surface area contributed by atoms with E-state index in [2.05, 4.69) is 5.43 Å². The van der Waals surface area contributed by atoms with E-state index >= 15 is 0 Å². The number of carbonyl (C=O) groups is 1. The van der Waals surface area contributed by atoms with Crippen molar-refractivity contribution in [2.45, 2.75) is 0 Å². The Bertz CT molecular complexity index is 72.6. The van der Waals surface area contributed by atoms with Gasteiger partial charge >= 0.3 is 6.03 Å². The SMILES string of the molecule is CNN(C)C([NH])=O. The van der Waals surface area contributed by atoms with Crippen LogP contribution >= 0.6 is 0 Å². The molecule has 0 aliphatic carbocycles. The minimum atomic E-state index is -0.734. The Morgan fingerprint density at radius 3 is 2.29 bits per heavy atom. The maximum atomic E-state index is 9.90. The van der Waals surface area contributed by atoms with Crippen LogP contribution in [-0.4, -0.2) is 25.1 Å². The van der Waals surface area contributed by atoms with E-state index in [4.69, 9.17) is 5.73 Å². The third kappa shape index (κ3) is 1.99. The predicted molar refractivity (Wildman–Crippen MR) is 25.3 cm³/mol. The van der Waals surface area contributed by atoms with Crippen LogP contribution in [0, 0.1) is 0 Å². The highest BCUT2D eigenvalue weighted by Crippen LogP contribution is 1.68. The molecular weight excluding hydrogens is 94.1 g/mol. The van der Waals surface area contributed by atoms with Gasteiger partial charge in [-0.25, -0.2) is 16.0 Å². The van der Waals surface area contributed by atoms with E-state index < -0.39 is 6.03 Å². The molecule has 0 aromatic rings. The molecule has 0 aromatic heterocycles. The molecule has 41 valence electrons. The van der Waals surface area contributed by atoms with E-state index in [1.807, 2.05) is 0 Å². The summed E-state index contributed by atoms with van der Waals surface area (Å²) in [5, 5.41) is 1.07. The fourth-order valence-electron chi connectivity index (χ4n) is 0.102. The lowest BCUT2D eigenvalue weighted by atomic mass is 11.0. The number of hydrogen-bond acceptors (Lipinski definition) is 2. The molecular formula is C3H8N3O. The van der Waals surface area contributed by atoms with E-state index in [0.29, 0.717) is 0 Å². The van der Waals surface area contributed by atoms with Crippen LogP contribution in [0.5, 0.6) is 0 Å². The van der Waals surface area contributed by atoms with Gasteiger partial charge in [0.1, 0.15) is 0 Å². The van der Waals surface area contributed by atoms with Gasteiger partial charge in [0, 0.05) is 14.1 Å². The first-order valence-electron chi connectivity index (χ1n) is 1.85. The summed E-state index contributed by atoms with van der Waals surface area (Å²) in [6, 6.07) is -0.734. The highest BCUT2D eigenvalue weighted by Gasteiger charge is 1.95. The summed E-state index contributed by atoms with van der Waals surface area (Å²) in [5.74, 6) is 0. The van der Waals surface area contributed by atoms with Gasteiger partial charge in [-0.3, -0.25) is 5.01 Å². The van der Waals surface area contributed by atoms with Crippen LogP contribution in [0.1, 0.15) is 0 Å². The molecule has 0 fully saturated rings. The molecule has 0 saturated carbocycles. The second-order valence-corrected chi connectivity index (χ2v) is 1.09. The van der Waals surface area contributed by atoms with Crippen LogP contribution in [0.2, 0.25) is 0 Å². The Hall–Kier alpha value is -0.770. The summed E-state index contributed by atoms with van der Waals surface area (Å²) in [6.07, 6.45) is 0. The van der Waals surface area contributed by atoms with E-state index in [-0.39, 0.29) is 0 Å². The summed E-state index contributed by atoms with van der Waals surface area (Å²) < 4.78 is 0. The van der Waals surface area contributed by atoms with E-state index in [1.54, 1.807) is 7.05 Å². The molecule has 2 N–H and O–H groups in total. The Morgan fingerprint density at radius 2 is 2.29 bits per heavy atom. The van der Waals surface area contributed by atoms with Crippen molar-refractivity contribution in [2.75, 3.05) is 14.1 Å². The molecule has 0 unspecified atom stereocenters. The highest BCUT2D eigenvalue weighted by molar-refractivity contribution is 5.70. The van der Waals surface area contributed by atoms with E-state index in [9.17, 15) is 4.79 Å². The molecule has 0 atom stereocenters. The number of hydrazine groups is 1. The average Bonchev–Trinajstić information content (AvgIpc) is 1.65. The monoisotopic (exact) mass is 102 g/mol. The second-order valence-electron chi connectivity index (χ2n) is 1.09. The van der Waals surface area contributed by atoms with Crippen molar-refractivity contribution >= 4 is 6.03 Å². The summed E-state index contributed by atoms with van der Waals surface area (Å²) >= 11 is 0. The summed E-state index contributed by atoms with van der Waals surface area (Å²) in [6.45, 7) is 0. The first-order valence-corrected chi connectivity index (χ1v) is 1.85. The number of amides is 2. The van der Waals surface area contributed by atoms with E-state index in [1.165, 1.54) is 7.05 Å². The largest absolute Gasteiger partial charge is 0.350 e. The minimum absolute atomic E-state index is 0.734. The molecule has 7 heavy (non-hydrogen) atoms. The lowest BCUT2D eigenvalue weighted by Gasteiger charge is -2.08. The topological polar surface area (TPSA) is 56.1 Å². The van der Waals surface area contributed by atoms with Gasteiger partial charge in [0.2, 0.25) is 0 Å². The van der Waals surface area contributed by atoms with Crippen molar-refractivity contribution in [2.24, 2.45) is 0 Å². The Labute approximate surface area is 42.3 Å². The Balaban J connectivity index is 3.34. The zero-order valence-corrected chi connectivity index (χ0v) is 4.36. The van der Waals surface area contributed by atoms with Gasteiger partial charge in [0.15, 0.2) is 0 Å². The minimum Gasteiger partial charge on any atom is -0.262 e. The summed E-state index contributed by atoms with van der Waals surface area (Å²) in [5.41, 5.74) is 8.87. The van der Waals surface area contributed by atoms with Crippen LogP contribution < -0.4 is 11.2 Å². The second kappa shape index (κ2) is 2.41. The van der Waals surface area contributed by atoms with Crippen molar-refractivity contribution in [3.05, 3.63) is 0 Å². The molecule has 0 aromatic carbocycles. The van der Waals surface area contributed by atoms with Crippen molar-refractivity contribution < 1.29 is 4.79 Å². The molecule has 0 saturated heterocycles. The van der Waals surface area contributed by atoms with Crippen molar-refractivity contribution in [1.82, 2.24) is 16.2 Å². The van der Waals surface area contributed by atoms with Gasteiger partial charge in [0.05, 0.1) is 0 Å². The maximum Gasteiger partial charge on any atom is 0.350 e. The molecule has 0 aliphatic heterocycles. The maximum absolute atomic E-state index is 9.90. The molecule has 4 heteroatoms. The average molecular weight is 102 g/mol. The molecule has 0 spiro atoms.